The van der Waals surface area contributed by atoms with E-state index in [-0.39, 0.29) is 16.5 Å². The Labute approximate surface area is 222 Å². The molecule has 12 heteroatoms. The molecule has 0 atom stereocenters. The van der Waals surface area contributed by atoms with Crippen LogP contribution in [0.1, 0.15) is 15.9 Å². The first-order chi connectivity index (χ1) is 18.8. The normalized spacial score (nSPS) is 11.6. The molecule has 0 spiro atoms. The van der Waals surface area contributed by atoms with Crippen LogP contribution in [0.5, 0.6) is 0 Å². The van der Waals surface area contributed by atoms with Crippen molar-refractivity contribution in [3.8, 4) is 0 Å². The van der Waals surface area contributed by atoms with Gasteiger partial charge in [-0.2, -0.15) is 15.1 Å². The number of hydrogen-bond donors (Lipinski definition) is 4. The highest BCUT2D eigenvalue weighted by molar-refractivity contribution is 7.90. The molecule has 0 aliphatic heterocycles. The Morgan fingerprint density at radius 2 is 1.69 bits per heavy atom. The number of nitrogens with zero attached hydrogens (tertiary/aromatic N) is 4. The minimum atomic E-state index is -3.95. The second-order valence-corrected chi connectivity index (χ2v) is 10.7. The lowest BCUT2D eigenvalue weighted by atomic mass is 10.2. The summed E-state index contributed by atoms with van der Waals surface area (Å²) >= 11 is 0. The molecule has 0 radical (unpaired) electrons. The first-order valence-electron chi connectivity index (χ1n) is 11.9. The Morgan fingerprint density at radius 3 is 2.44 bits per heavy atom. The highest BCUT2D eigenvalue weighted by Gasteiger charge is 2.22. The summed E-state index contributed by atoms with van der Waals surface area (Å²) in [7, 11) is -3.95. The summed E-state index contributed by atoms with van der Waals surface area (Å²) < 4.78 is 28.4. The minimum Gasteiger partial charge on any atom is -0.366 e. The Kier molecular flexibility index (Phi) is 5.73. The number of nitrogens with two attached hydrogens (primary N) is 1. The lowest BCUT2D eigenvalue weighted by Gasteiger charge is -2.13. The topological polar surface area (TPSA) is 161 Å². The van der Waals surface area contributed by atoms with Gasteiger partial charge in [-0.25, -0.2) is 12.4 Å². The van der Waals surface area contributed by atoms with Crippen LogP contribution in [-0.2, 0) is 10.0 Å². The van der Waals surface area contributed by atoms with Crippen LogP contribution >= 0.6 is 0 Å². The molecule has 0 saturated carbocycles. The minimum absolute atomic E-state index is 0.137. The van der Waals surface area contributed by atoms with Gasteiger partial charge in [-0.1, -0.05) is 23.8 Å². The van der Waals surface area contributed by atoms with E-state index in [1.807, 2.05) is 25.1 Å². The van der Waals surface area contributed by atoms with Crippen molar-refractivity contribution in [3.05, 3.63) is 96.3 Å². The van der Waals surface area contributed by atoms with Crippen molar-refractivity contribution in [1.82, 2.24) is 24.1 Å². The number of carbonyl (C=O) groups is 1. The van der Waals surface area contributed by atoms with E-state index in [1.165, 1.54) is 6.20 Å². The van der Waals surface area contributed by atoms with Gasteiger partial charge in [0.15, 0.2) is 5.65 Å². The molecular formula is C27H22N8O3S. The number of carbonyl (C=O) groups excluding carboxylic acids is 1. The molecule has 11 nitrogen and oxygen atoms in total. The molecule has 3 heterocycles. The standard InChI is InChI=1S/C27H22N8O3S/c1-16-5-11-19(12-6-16)39(37,38)35-14-13-20-25(31-22-3-2-4-23-21(22)15-29-34-23)32-27(33-26(20)35)30-18-9-7-17(8-10-18)24(28)36/h2-15H,1H3,(H2,28,36)(H,29,34)(H2,30,31,32,33). The number of H-pyrrole nitrogens is 1. The summed E-state index contributed by atoms with van der Waals surface area (Å²) in [4.78, 5) is 20.8. The predicted molar refractivity (Wildman–Crippen MR) is 149 cm³/mol. The van der Waals surface area contributed by atoms with E-state index < -0.39 is 15.9 Å². The molecule has 0 aliphatic carbocycles. The van der Waals surface area contributed by atoms with E-state index in [0.717, 1.165) is 26.1 Å². The average Bonchev–Trinajstić information content (AvgIpc) is 3.58. The monoisotopic (exact) mass is 538 g/mol. The van der Waals surface area contributed by atoms with Crippen molar-refractivity contribution in [2.24, 2.45) is 5.73 Å². The number of primary amides is 1. The van der Waals surface area contributed by atoms with Crippen molar-refractivity contribution in [1.29, 1.82) is 0 Å². The summed E-state index contributed by atoms with van der Waals surface area (Å²) in [5.74, 6) is -0.00340. The molecule has 0 bridgehead atoms. The van der Waals surface area contributed by atoms with E-state index in [1.54, 1.807) is 60.8 Å². The fourth-order valence-corrected chi connectivity index (χ4v) is 5.51. The summed E-state index contributed by atoms with van der Waals surface area (Å²) in [6, 6.07) is 20.4. The summed E-state index contributed by atoms with van der Waals surface area (Å²) in [5.41, 5.74) is 8.97. The van der Waals surface area contributed by atoms with E-state index in [9.17, 15) is 13.2 Å². The van der Waals surface area contributed by atoms with E-state index in [0.29, 0.717) is 22.5 Å². The van der Waals surface area contributed by atoms with Gasteiger partial charge in [-0.05, 0) is 61.5 Å². The summed E-state index contributed by atoms with van der Waals surface area (Å²) in [5, 5.41) is 14.8. The van der Waals surface area contributed by atoms with Crippen molar-refractivity contribution in [2.45, 2.75) is 11.8 Å². The van der Waals surface area contributed by atoms with Gasteiger partial charge in [0, 0.05) is 22.8 Å². The molecule has 0 unspecified atom stereocenters. The molecule has 194 valence electrons. The zero-order valence-electron chi connectivity index (χ0n) is 20.6. The predicted octanol–water partition coefficient (Wildman–Crippen LogP) is 4.44. The first kappa shape index (κ1) is 24.1. The Hall–Kier alpha value is -5.23. The van der Waals surface area contributed by atoms with Crippen LogP contribution in [0.2, 0.25) is 0 Å². The summed E-state index contributed by atoms with van der Waals surface area (Å²) in [6.45, 7) is 1.89. The molecule has 0 aliphatic rings. The Bertz CT molecular complexity index is 1960. The number of nitrogens with one attached hydrogen (secondary N) is 3. The van der Waals surface area contributed by atoms with Gasteiger partial charge < -0.3 is 16.4 Å². The maximum atomic E-state index is 13.6. The van der Waals surface area contributed by atoms with Crippen LogP contribution in [0.25, 0.3) is 21.9 Å². The molecule has 6 aromatic rings. The van der Waals surface area contributed by atoms with Crippen molar-refractivity contribution in [3.63, 3.8) is 0 Å². The van der Waals surface area contributed by atoms with Gasteiger partial charge in [0.1, 0.15) is 5.82 Å². The van der Waals surface area contributed by atoms with Crippen LogP contribution in [0, 0.1) is 6.92 Å². The van der Waals surface area contributed by atoms with Crippen LogP contribution in [0.4, 0.5) is 23.1 Å². The van der Waals surface area contributed by atoms with Crippen LogP contribution < -0.4 is 16.4 Å². The largest absolute Gasteiger partial charge is 0.366 e. The maximum Gasteiger partial charge on any atom is 0.269 e. The number of fused-ring (bicyclic) bond motifs is 2. The molecule has 5 N–H and O–H groups in total. The molecule has 6 rings (SSSR count). The smallest absolute Gasteiger partial charge is 0.269 e. The van der Waals surface area contributed by atoms with Gasteiger partial charge in [0.25, 0.3) is 10.0 Å². The number of hydrogen-bond acceptors (Lipinski definition) is 8. The van der Waals surface area contributed by atoms with Gasteiger partial charge in [-0.3, -0.25) is 9.89 Å². The van der Waals surface area contributed by atoms with E-state index in [2.05, 4.69) is 30.8 Å². The maximum absolute atomic E-state index is 13.6. The van der Waals surface area contributed by atoms with Crippen molar-refractivity contribution < 1.29 is 13.2 Å². The highest BCUT2D eigenvalue weighted by atomic mass is 32.2. The quantitative estimate of drug-likeness (QED) is 0.232. The zero-order chi connectivity index (χ0) is 27.1. The van der Waals surface area contributed by atoms with Crippen molar-refractivity contribution >= 4 is 61.0 Å². The third kappa shape index (κ3) is 4.42. The molecule has 0 saturated heterocycles. The van der Waals surface area contributed by atoms with E-state index in [4.69, 9.17) is 5.73 Å². The third-order valence-corrected chi connectivity index (χ3v) is 7.93. The number of rotatable bonds is 7. The summed E-state index contributed by atoms with van der Waals surface area (Å²) in [6.07, 6.45) is 3.16. The second kappa shape index (κ2) is 9.26. The number of anilines is 4. The van der Waals surface area contributed by atoms with Crippen LogP contribution in [-0.4, -0.2) is 38.5 Å². The number of benzene rings is 3. The third-order valence-electron chi connectivity index (χ3n) is 6.25. The lowest BCUT2D eigenvalue weighted by Crippen LogP contribution is -2.13. The van der Waals surface area contributed by atoms with Gasteiger partial charge in [0.05, 0.1) is 27.7 Å². The molecule has 0 fully saturated rings. The van der Waals surface area contributed by atoms with E-state index >= 15 is 0 Å². The van der Waals surface area contributed by atoms with Gasteiger partial charge in [0.2, 0.25) is 11.9 Å². The SMILES string of the molecule is Cc1ccc(S(=O)(=O)n2ccc3c(Nc4cccc5[nH]ncc45)nc(Nc4ccc(C(N)=O)cc4)nc32)cc1. The molecule has 1 amide bonds. The lowest BCUT2D eigenvalue weighted by molar-refractivity contribution is 0.100. The molecular weight excluding hydrogens is 516 g/mol. The van der Waals surface area contributed by atoms with Gasteiger partial charge >= 0.3 is 0 Å². The molecule has 3 aromatic carbocycles. The molecule has 3 aromatic heterocycles. The Morgan fingerprint density at radius 1 is 0.923 bits per heavy atom. The highest BCUT2D eigenvalue weighted by Crippen LogP contribution is 2.32. The first-order valence-corrected chi connectivity index (χ1v) is 13.3. The Balaban J connectivity index is 1.49. The van der Waals surface area contributed by atoms with Crippen LogP contribution in [0.3, 0.4) is 0 Å². The second-order valence-electron chi connectivity index (χ2n) is 8.89. The molecule has 39 heavy (non-hydrogen) atoms. The van der Waals surface area contributed by atoms with Crippen molar-refractivity contribution in [2.75, 3.05) is 10.6 Å². The average molecular weight is 539 g/mol. The fraction of sp³-hybridized carbons (Fsp3) is 0.0370. The number of aryl methyl sites for hydroxylation is 1. The number of amides is 1. The zero-order valence-corrected chi connectivity index (χ0v) is 21.4. The number of aromatic amines is 1. The van der Waals surface area contributed by atoms with Gasteiger partial charge in [-0.15, -0.1) is 0 Å². The van der Waals surface area contributed by atoms with Crippen LogP contribution in [0.15, 0.2) is 90.1 Å². The number of aromatic nitrogens is 5. The fourth-order valence-electron chi connectivity index (χ4n) is 4.21.